The molecule has 0 spiro atoms. The number of phenolic OH excluding ortho intramolecular Hbond substituents is 2. The summed E-state index contributed by atoms with van der Waals surface area (Å²) in [7, 11) is 0. The SMILES string of the molecule is Cc1ccc(C(C)C)cc1OCC(=O)NN=Cc1ccc(O)cc1O. The predicted octanol–water partition coefficient (Wildman–Crippen LogP) is 3.06. The highest BCUT2D eigenvalue weighted by Crippen LogP contribution is 2.24. The van der Waals surface area contributed by atoms with E-state index in [1.165, 1.54) is 24.4 Å². The number of nitrogens with zero attached hydrogens (tertiary/aromatic N) is 1. The standard InChI is InChI=1S/C19H22N2O4/c1-12(2)14-5-4-13(3)18(8-14)25-11-19(24)21-20-10-15-6-7-16(22)9-17(15)23/h4-10,12,22-23H,11H2,1-3H3,(H,21,24). The highest BCUT2D eigenvalue weighted by molar-refractivity contribution is 5.85. The fraction of sp³-hybridized carbons (Fsp3) is 0.263. The first-order valence-electron chi connectivity index (χ1n) is 7.94. The van der Waals surface area contributed by atoms with Gasteiger partial charge in [-0.05, 0) is 42.2 Å². The van der Waals surface area contributed by atoms with Gasteiger partial charge >= 0.3 is 0 Å². The second-order valence-corrected chi connectivity index (χ2v) is 6.00. The molecule has 0 aliphatic carbocycles. The Bertz CT molecular complexity index is 785. The Morgan fingerprint density at radius 2 is 2.00 bits per heavy atom. The van der Waals surface area contributed by atoms with Crippen LogP contribution in [0.25, 0.3) is 0 Å². The van der Waals surface area contributed by atoms with Crippen LogP contribution in [0.15, 0.2) is 41.5 Å². The first-order chi connectivity index (χ1) is 11.9. The summed E-state index contributed by atoms with van der Waals surface area (Å²) >= 11 is 0. The summed E-state index contributed by atoms with van der Waals surface area (Å²) < 4.78 is 5.56. The first-order valence-corrected chi connectivity index (χ1v) is 7.94. The molecule has 132 valence electrons. The van der Waals surface area contributed by atoms with Gasteiger partial charge in [-0.3, -0.25) is 4.79 Å². The lowest BCUT2D eigenvalue weighted by Gasteiger charge is -2.12. The third kappa shape index (κ3) is 5.24. The van der Waals surface area contributed by atoms with E-state index < -0.39 is 5.91 Å². The largest absolute Gasteiger partial charge is 0.508 e. The van der Waals surface area contributed by atoms with E-state index in [9.17, 15) is 15.0 Å². The zero-order valence-corrected chi connectivity index (χ0v) is 14.5. The van der Waals surface area contributed by atoms with Crippen molar-refractivity contribution in [2.24, 2.45) is 5.10 Å². The van der Waals surface area contributed by atoms with Crippen LogP contribution in [0.4, 0.5) is 0 Å². The minimum absolute atomic E-state index is 0.0499. The van der Waals surface area contributed by atoms with Crippen molar-refractivity contribution in [1.29, 1.82) is 0 Å². The zero-order chi connectivity index (χ0) is 18.4. The molecule has 2 aromatic rings. The van der Waals surface area contributed by atoms with Gasteiger partial charge in [0.05, 0.1) is 6.21 Å². The van der Waals surface area contributed by atoms with Crippen LogP contribution in [-0.2, 0) is 4.79 Å². The van der Waals surface area contributed by atoms with Crippen LogP contribution in [0.5, 0.6) is 17.2 Å². The van der Waals surface area contributed by atoms with Crippen LogP contribution in [0.2, 0.25) is 0 Å². The summed E-state index contributed by atoms with van der Waals surface area (Å²) in [5, 5.41) is 22.6. The molecular formula is C19H22N2O4. The van der Waals surface area contributed by atoms with Gasteiger partial charge in [-0.1, -0.05) is 26.0 Å². The lowest BCUT2D eigenvalue weighted by atomic mass is 10.0. The number of nitrogens with one attached hydrogen (secondary N) is 1. The quantitative estimate of drug-likeness (QED) is 0.556. The monoisotopic (exact) mass is 342 g/mol. The first kappa shape index (κ1) is 18.3. The third-order valence-electron chi connectivity index (χ3n) is 3.64. The molecule has 0 aliphatic heterocycles. The number of rotatable bonds is 6. The minimum atomic E-state index is -0.413. The van der Waals surface area contributed by atoms with E-state index >= 15 is 0 Å². The summed E-state index contributed by atoms with van der Waals surface area (Å²) in [6.45, 7) is 5.94. The van der Waals surface area contributed by atoms with Gasteiger partial charge in [0.25, 0.3) is 5.91 Å². The van der Waals surface area contributed by atoms with E-state index in [4.69, 9.17) is 4.74 Å². The molecule has 3 N–H and O–H groups in total. The average Bonchev–Trinajstić information content (AvgIpc) is 2.56. The number of benzene rings is 2. The molecule has 0 saturated heterocycles. The maximum atomic E-state index is 11.8. The molecule has 2 rings (SSSR count). The molecular weight excluding hydrogens is 320 g/mol. The lowest BCUT2D eigenvalue weighted by Crippen LogP contribution is -2.24. The van der Waals surface area contributed by atoms with Crippen LogP contribution >= 0.6 is 0 Å². The van der Waals surface area contributed by atoms with Crippen LogP contribution < -0.4 is 10.2 Å². The van der Waals surface area contributed by atoms with Crippen molar-refractivity contribution in [3.8, 4) is 17.2 Å². The molecule has 2 aromatic carbocycles. The smallest absolute Gasteiger partial charge is 0.277 e. The molecule has 0 aliphatic rings. The number of ether oxygens (including phenoxy) is 1. The number of amides is 1. The van der Waals surface area contributed by atoms with Gasteiger partial charge in [-0.2, -0.15) is 5.10 Å². The molecule has 0 radical (unpaired) electrons. The second kappa shape index (κ2) is 8.19. The van der Waals surface area contributed by atoms with E-state index in [1.807, 2.05) is 25.1 Å². The number of aryl methyl sites for hydroxylation is 1. The Labute approximate surface area is 146 Å². The molecule has 0 unspecified atom stereocenters. The molecule has 1 amide bonds. The minimum Gasteiger partial charge on any atom is -0.508 e. The van der Waals surface area contributed by atoms with Gasteiger partial charge in [0.2, 0.25) is 0 Å². The number of hydrazone groups is 1. The number of hydrogen-bond acceptors (Lipinski definition) is 5. The Morgan fingerprint density at radius 3 is 2.68 bits per heavy atom. The molecule has 0 heterocycles. The third-order valence-corrected chi connectivity index (χ3v) is 3.64. The summed E-state index contributed by atoms with van der Waals surface area (Å²) in [5.41, 5.74) is 4.80. The van der Waals surface area contributed by atoms with Crippen LogP contribution in [0.3, 0.4) is 0 Å². The fourth-order valence-electron chi connectivity index (χ4n) is 2.12. The maximum absolute atomic E-state index is 11.8. The summed E-state index contributed by atoms with van der Waals surface area (Å²) in [6, 6.07) is 10.0. The van der Waals surface area contributed by atoms with Crippen LogP contribution in [0.1, 0.15) is 36.5 Å². The number of hydrogen-bond donors (Lipinski definition) is 3. The topological polar surface area (TPSA) is 91.2 Å². The van der Waals surface area contributed by atoms with Crippen molar-refractivity contribution in [2.75, 3.05) is 6.61 Å². The van der Waals surface area contributed by atoms with Gasteiger partial charge in [-0.25, -0.2) is 5.43 Å². The molecule has 0 saturated carbocycles. The Hall–Kier alpha value is -3.02. The van der Waals surface area contributed by atoms with E-state index in [0.717, 1.165) is 11.1 Å². The molecule has 6 nitrogen and oxygen atoms in total. The van der Waals surface area contributed by atoms with E-state index in [0.29, 0.717) is 17.2 Å². The molecule has 6 heteroatoms. The van der Waals surface area contributed by atoms with Gasteiger partial charge in [-0.15, -0.1) is 0 Å². The van der Waals surface area contributed by atoms with E-state index in [-0.39, 0.29) is 18.1 Å². The zero-order valence-electron chi connectivity index (χ0n) is 14.5. The predicted molar refractivity (Wildman–Crippen MR) is 96.3 cm³/mol. The molecule has 0 fully saturated rings. The number of phenols is 2. The summed E-state index contributed by atoms with van der Waals surface area (Å²) in [4.78, 5) is 11.8. The van der Waals surface area contributed by atoms with E-state index in [2.05, 4.69) is 24.4 Å². The Kier molecular flexibility index (Phi) is 6.00. The van der Waals surface area contributed by atoms with Gasteiger partial charge in [0.1, 0.15) is 17.2 Å². The van der Waals surface area contributed by atoms with Crippen molar-refractivity contribution < 1.29 is 19.7 Å². The molecule has 0 bridgehead atoms. The lowest BCUT2D eigenvalue weighted by molar-refractivity contribution is -0.123. The molecule has 0 atom stereocenters. The van der Waals surface area contributed by atoms with E-state index in [1.54, 1.807) is 0 Å². The average molecular weight is 342 g/mol. The number of carbonyl (C=O) groups excluding carboxylic acids is 1. The van der Waals surface area contributed by atoms with Crippen molar-refractivity contribution in [1.82, 2.24) is 5.43 Å². The maximum Gasteiger partial charge on any atom is 0.277 e. The van der Waals surface area contributed by atoms with Crippen molar-refractivity contribution in [3.05, 3.63) is 53.1 Å². The Balaban J connectivity index is 1.90. The van der Waals surface area contributed by atoms with Crippen molar-refractivity contribution in [2.45, 2.75) is 26.7 Å². The highest BCUT2D eigenvalue weighted by Gasteiger charge is 2.07. The fourth-order valence-corrected chi connectivity index (χ4v) is 2.12. The second-order valence-electron chi connectivity index (χ2n) is 6.00. The van der Waals surface area contributed by atoms with Crippen LogP contribution in [0, 0.1) is 6.92 Å². The highest BCUT2D eigenvalue weighted by atomic mass is 16.5. The normalized spacial score (nSPS) is 11.0. The molecule has 0 aromatic heterocycles. The van der Waals surface area contributed by atoms with Gasteiger partial charge in [0, 0.05) is 11.6 Å². The van der Waals surface area contributed by atoms with Crippen LogP contribution in [-0.4, -0.2) is 28.9 Å². The van der Waals surface area contributed by atoms with Crippen molar-refractivity contribution >= 4 is 12.1 Å². The molecule has 25 heavy (non-hydrogen) atoms. The summed E-state index contributed by atoms with van der Waals surface area (Å²) in [5.74, 6) is 0.450. The Morgan fingerprint density at radius 1 is 1.24 bits per heavy atom. The number of carbonyl (C=O) groups is 1. The van der Waals surface area contributed by atoms with Gasteiger partial charge < -0.3 is 14.9 Å². The number of aromatic hydroxyl groups is 2. The summed E-state index contributed by atoms with van der Waals surface area (Å²) in [6.07, 6.45) is 1.29. The van der Waals surface area contributed by atoms with Gasteiger partial charge in [0.15, 0.2) is 6.61 Å². The van der Waals surface area contributed by atoms with Crippen molar-refractivity contribution in [3.63, 3.8) is 0 Å².